The summed E-state index contributed by atoms with van der Waals surface area (Å²) >= 11 is 0. The van der Waals surface area contributed by atoms with Crippen molar-refractivity contribution in [3.8, 4) is 0 Å². The van der Waals surface area contributed by atoms with Gasteiger partial charge in [0.15, 0.2) is 6.61 Å². The van der Waals surface area contributed by atoms with E-state index in [1.165, 1.54) is 6.92 Å². The molecule has 1 unspecified atom stereocenters. The van der Waals surface area contributed by atoms with Crippen LogP contribution in [0.4, 0.5) is 8.78 Å². The average molecular weight is 341 g/mol. The number of Topliss-reactive ketones (excluding diaryl/α,β-unsaturated/α-hetero) is 1. The summed E-state index contributed by atoms with van der Waals surface area (Å²) < 4.78 is 36.7. The monoisotopic (exact) mass is 341 g/mol. The molecule has 0 saturated carbocycles. The van der Waals surface area contributed by atoms with Crippen molar-refractivity contribution in [2.75, 3.05) is 13.2 Å². The van der Waals surface area contributed by atoms with Crippen molar-refractivity contribution in [3.63, 3.8) is 0 Å². The lowest BCUT2D eigenvalue weighted by Crippen LogP contribution is -2.21. The minimum absolute atomic E-state index is 0.00914. The van der Waals surface area contributed by atoms with Gasteiger partial charge in [-0.1, -0.05) is 0 Å². The maximum absolute atomic E-state index is 13.8. The van der Waals surface area contributed by atoms with Gasteiger partial charge in [-0.05, 0) is 19.9 Å². The molecule has 130 valence electrons. The maximum atomic E-state index is 13.8. The minimum atomic E-state index is -1.69. The molecule has 8 heteroatoms. The molecule has 0 amide bonds. The van der Waals surface area contributed by atoms with Crippen molar-refractivity contribution in [2.45, 2.75) is 26.9 Å². The van der Waals surface area contributed by atoms with Crippen molar-refractivity contribution >= 4 is 23.8 Å². The highest BCUT2D eigenvalue weighted by Crippen LogP contribution is 2.25. The number of hydrogen-bond donors (Lipinski definition) is 0. The van der Waals surface area contributed by atoms with E-state index in [0.717, 1.165) is 32.3 Å². The van der Waals surface area contributed by atoms with Gasteiger partial charge in [0.2, 0.25) is 5.78 Å². The second kappa shape index (κ2) is 8.85. The average Bonchev–Trinajstić information content (AvgIpc) is 2.50. The molecule has 1 heterocycles. The Morgan fingerprint density at radius 1 is 1.29 bits per heavy atom. The normalized spacial score (nSPS) is 12.5. The third-order valence-electron chi connectivity index (χ3n) is 2.87. The molecule has 6 nitrogen and oxygen atoms in total. The number of carbonyl (C=O) groups excluding carboxylic acids is 3. The van der Waals surface area contributed by atoms with Crippen LogP contribution in [0.5, 0.6) is 0 Å². The summed E-state index contributed by atoms with van der Waals surface area (Å²) in [7, 11) is 0. The van der Waals surface area contributed by atoms with Gasteiger partial charge >= 0.3 is 11.9 Å². The molecule has 0 N–H and O–H groups in total. The molecule has 0 saturated heterocycles. The topological polar surface area (TPSA) is 82.6 Å². The molecule has 1 aromatic heterocycles. The zero-order chi connectivity index (χ0) is 18.3. The lowest BCUT2D eigenvalue weighted by molar-refractivity contribution is -0.147. The summed E-state index contributed by atoms with van der Waals surface area (Å²) in [5.41, 5.74) is -0.913. The Kier molecular flexibility index (Phi) is 7.16. The Labute approximate surface area is 137 Å². The van der Waals surface area contributed by atoms with Crippen LogP contribution in [0, 0.1) is 5.82 Å². The van der Waals surface area contributed by atoms with Crippen LogP contribution in [0.25, 0.3) is 6.08 Å². The van der Waals surface area contributed by atoms with Gasteiger partial charge in [-0.25, -0.2) is 13.6 Å². The number of alkyl halides is 1. The van der Waals surface area contributed by atoms with E-state index >= 15 is 0 Å². The van der Waals surface area contributed by atoms with E-state index in [4.69, 9.17) is 4.74 Å². The van der Waals surface area contributed by atoms with Crippen molar-refractivity contribution < 1.29 is 32.6 Å². The second-order valence-corrected chi connectivity index (χ2v) is 4.72. The Bertz CT molecular complexity index is 670. The van der Waals surface area contributed by atoms with Gasteiger partial charge in [0.05, 0.1) is 12.8 Å². The molecule has 0 aliphatic rings. The van der Waals surface area contributed by atoms with Gasteiger partial charge in [0.25, 0.3) is 0 Å². The van der Waals surface area contributed by atoms with Gasteiger partial charge in [0, 0.05) is 24.2 Å². The summed E-state index contributed by atoms with van der Waals surface area (Å²) in [6, 6.07) is 0. The number of aromatic nitrogens is 1. The number of rotatable bonds is 7. The molecule has 1 aromatic rings. The Balaban J connectivity index is 3.31. The highest BCUT2D eigenvalue weighted by molar-refractivity contribution is 6.21. The van der Waals surface area contributed by atoms with Crippen LogP contribution in [0.15, 0.2) is 18.0 Å². The lowest BCUT2D eigenvalue weighted by atomic mass is 10.0. The zero-order valence-electron chi connectivity index (χ0n) is 13.5. The highest BCUT2D eigenvalue weighted by atomic mass is 19.1. The number of nitrogens with zero attached hydrogens (tertiary/aromatic N) is 1. The third kappa shape index (κ3) is 5.22. The highest BCUT2D eigenvalue weighted by Gasteiger charge is 2.23. The fourth-order valence-electron chi connectivity index (χ4n) is 1.86. The Morgan fingerprint density at radius 3 is 2.50 bits per heavy atom. The van der Waals surface area contributed by atoms with Crippen LogP contribution < -0.4 is 0 Å². The molecule has 0 fully saturated rings. The molecule has 0 aliphatic carbocycles. The first-order chi connectivity index (χ1) is 11.3. The number of ether oxygens (including phenoxy) is 2. The predicted molar refractivity (Wildman–Crippen MR) is 80.0 cm³/mol. The van der Waals surface area contributed by atoms with E-state index in [9.17, 15) is 23.2 Å². The molecular formula is C16H17F2NO5. The number of hydrogen-bond acceptors (Lipinski definition) is 6. The summed E-state index contributed by atoms with van der Waals surface area (Å²) in [6.07, 6.45) is 1.23. The van der Waals surface area contributed by atoms with E-state index in [2.05, 4.69) is 9.72 Å². The molecular weight excluding hydrogens is 324 g/mol. The van der Waals surface area contributed by atoms with Crippen LogP contribution in [0.3, 0.4) is 0 Å². The molecule has 1 atom stereocenters. The fourth-order valence-corrected chi connectivity index (χ4v) is 1.86. The summed E-state index contributed by atoms with van der Waals surface area (Å²) in [5, 5.41) is 0. The first-order valence-electron chi connectivity index (χ1n) is 7.10. The van der Waals surface area contributed by atoms with E-state index in [1.807, 2.05) is 0 Å². The van der Waals surface area contributed by atoms with Gasteiger partial charge in [0.1, 0.15) is 17.6 Å². The molecule has 0 aliphatic heterocycles. The molecule has 0 spiro atoms. The molecule has 1 rings (SSSR count). The summed E-state index contributed by atoms with van der Waals surface area (Å²) in [4.78, 5) is 38.4. The molecule has 0 bridgehead atoms. The van der Waals surface area contributed by atoms with Crippen molar-refractivity contribution in [2.24, 2.45) is 0 Å². The number of halogens is 2. The Morgan fingerprint density at radius 2 is 1.96 bits per heavy atom. The van der Waals surface area contributed by atoms with E-state index in [0.29, 0.717) is 0 Å². The van der Waals surface area contributed by atoms with Crippen molar-refractivity contribution in [3.05, 3.63) is 34.9 Å². The van der Waals surface area contributed by atoms with Gasteiger partial charge < -0.3 is 9.47 Å². The van der Waals surface area contributed by atoms with Crippen LogP contribution in [-0.4, -0.2) is 35.9 Å². The minimum Gasteiger partial charge on any atom is -0.462 e. The lowest BCUT2D eigenvalue weighted by Gasteiger charge is -2.10. The number of carbonyl (C=O) groups is 3. The van der Waals surface area contributed by atoms with E-state index in [-0.39, 0.29) is 17.7 Å². The van der Waals surface area contributed by atoms with Gasteiger partial charge in [-0.15, -0.1) is 0 Å². The van der Waals surface area contributed by atoms with Crippen molar-refractivity contribution in [1.29, 1.82) is 0 Å². The number of ketones is 1. The van der Waals surface area contributed by atoms with E-state index < -0.39 is 41.9 Å². The van der Waals surface area contributed by atoms with Crippen molar-refractivity contribution in [1.82, 2.24) is 4.98 Å². The number of pyridine rings is 1. The standard InChI is InChI=1S/C16H17F2NO5/c1-4-23-16(22)12(14(21)8-24-10(3)20)5-11-6-19-7-13(18)15(11)9(2)17/h5-7,9H,4,8H2,1-3H3/b12-5+. The SMILES string of the molecule is CCOC(=O)/C(=C/c1cncc(F)c1C(C)F)C(=O)COC(C)=O. The van der Waals surface area contributed by atoms with Crippen LogP contribution in [0.2, 0.25) is 0 Å². The molecule has 0 aromatic carbocycles. The largest absolute Gasteiger partial charge is 0.462 e. The van der Waals surface area contributed by atoms with Crippen LogP contribution in [0.1, 0.15) is 38.1 Å². The summed E-state index contributed by atoms with van der Waals surface area (Å²) in [6.45, 7) is 3.04. The molecule has 0 radical (unpaired) electrons. The summed E-state index contributed by atoms with van der Waals surface area (Å²) in [5.74, 6) is -3.46. The quantitative estimate of drug-likeness (QED) is 0.328. The van der Waals surface area contributed by atoms with Gasteiger partial charge in [-0.3, -0.25) is 14.6 Å². The Hall–Kier alpha value is -2.64. The predicted octanol–water partition coefficient (Wildman–Crippen LogP) is 2.33. The van der Waals surface area contributed by atoms with Gasteiger partial charge in [-0.2, -0.15) is 0 Å². The number of esters is 2. The fraction of sp³-hybridized carbons (Fsp3) is 0.375. The molecule has 24 heavy (non-hydrogen) atoms. The zero-order valence-corrected chi connectivity index (χ0v) is 13.5. The van der Waals surface area contributed by atoms with Crippen LogP contribution >= 0.6 is 0 Å². The smallest absolute Gasteiger partial charge is 0.341 e. The maximum Gasteiger partial charge on any atom is 0.341 e. The first-order valence-corrected chi connectivity index (χ1v) is 7.10. The van der Waals surface area contributed by atoms with Crippen LogP contribution in [-0.2, 0) is 23.9 Å². The van der Waals surface area contributed by atoms with E-state index in [1.54, 1.807) is 0 Å². The third-order valence-corrected chi connectivity index (χ3v) is 2.87. The first kappa shape index (κ1) is 19.4. The second-order valence-electron chi connectivity index (χ2n) is 4.72.